The zero-order valence-electron chi connectivity index (χ0n) is 8.19. The topological polar surface area (TPSA) is 0 Å². The molecule has 0 N–H and O–H groups in total. The van der Waals surface area contributed by atoms with Gasteiger partial charge in [-0.15, -0.1) is 0 Å². The zero-order chi connectivity index (χ0) is 8.53. The highest BCUT2D eigenvalue weighted by Gasteiger charge is 1.89. The fourth-order valence-electron chi connectivity index (χ4n) is 1.13. The van der Waals surface area contributed by atoms with Gasteiger partial charge in [-0.05, 0) is 26.2 Å². The Labute approximate surface area is 71.7 Å². The summed E-state index contributed by atoms with van der Waals surface area (Å²) in [4.78, 5) is 0. The Morgan fingerprint density at radius 2 is 1.91 bits per heavy atom. The van der Waals surface area contributed by atoms with Gasteiger partial charge in [0.1, 0.15) is 0 Å². The van der Waals surface area contributed by atoms with Gasteiger partial charge >= 0.3 is 0 Å². The Balaban J connectivity index is 3.17. The fourth-order valence-corrected chi connectivity index (χ4v) is 1.13. The SMILES string of the molecule is CCC=C(C)[CH]CCCCC. The van der Waals surface area contributed by atoms with E-state index in [1.807, 2.05) is 0 Å². The molecule has 0 rings (SSSR count). The highest BCUT2D eigenvalue weighted by molar-refractivity contribution is 5.09. The van der Waals surface area contributed by atoms with E-state index in [1.54, 1.807) is 0 Å². The average Bonchev–Trinajstić information content (AvgIpc) is 1.99. The number of hydrogen-bond acceptors (Lipinski definition) is 0. The van der Waals surface area contributed by atoms with Crippen LogP contribution in [0.1, 0.15) is 52.9 Å². The lowest BCUT2D eigenvalue weighted by Crippen LogP contribution is -1.80. The molecule has 0 heteroatoms. The second-order valence-corrected chi connectivity index (χ2v) is 3.06. The van der Waals surface area contributed by atoms with E-state index in [-0.39, 0.29) is 0 Å². The van der Waals surface area contributed by atoms with Gasteiger partial charge in [-0.25, -0.2) is 0 Å². The highest BCUT2D eigenvalue weighted by Crippen LogP contribution is 2.08. The highest BCUT2D eigenvalue weighted by atomic mass is 14.0. The predicted octanol–water partition coefficient (Wildman–Crippen LogP) is 4.13. The minimum atomic E-state index is 1.16. The van der Waals surface area contributed by atoms with Crippen LogP contribution in [0.15, 0.2) is 11.6 Å². The third-order valence-corrected chi connectivity index (χ3v) is 1.80. The van der Waals surface area contributed by atoms with Gasteiger partial charge < -0.3 is 0 Å². The lowest BCUT2D eigenvalue weighted by Gasteiger charge is -1.99. The number of rotatable bonds is 6. The number of hydrogen-bond donors (Lipinski definition) is 0. The second-order valence-electron chi connectivity index (χ2n) is 3.06. The molecule has 0 spiro atoms. The molecule has 0 heterocycles. The van der Waals surface area contributed by atoms with Crippen LogP contribution in [0.25, 0.3) is 0 Å². The predicted molar refractivity (Wildman–Crippen MR) is 52.5 cm³/mol. The Bertz CT molecular complexity index is 101. The first-order valence-electron chi connectivity index (χ1n) is 4.81. The first-order chi connectivity index (χ1) is 5.31. The Morgan fingerprint density at radius 1 is 1.18 bits per heavy atom. The number of allylic oxidation sites excluding steroid dienone is 2. The number of unbranched alkanes of at least 4 members (excludes halogenated alkanes) is 3. The fraction of sp³-hybridized carbons (Fsp3) is 0.727. The van der Waals surface area contributed by atoms with Crippen LogP contribution < -0.4 is 0 Å². The molecule has 0 aliphatic rings. The summed E-state index contributed by atoms with van der Waals surface area (Å²) in [5.41, 5.74) is 1.45. The summed E-state index contributed by atoms with van der Waals surface area (Å²) in [5.74, 6) is 0. The summed E-state index contributed by atoms with van der Waals surface area (Å²) in [7, 11) is 0. The molecule has 0 saturated heterocycles. The minimum Gasteiger partial charge on any atom is -0.0856 e. The van der Waals surface area contributed by atoms with Crippen molar-refractivity contribution >= 4 is 0 Å². The molecule has 0 amide bonds. The summed E-state index contributed by atoms with van der Waals surface area (Å²) in [6.45, 7) is 6.62. The smallest absolute Gasteiger partial charge is 0.0140 e. The molecule has 65 valence electrons. The molecule has 1 radical (unpaired) electrons. The quantitative estimate of drug-likeness (QED) is 0.503. The molecule has 11 heavy (non-hydrogen) atoms. The molecule has 0 unspecified atom stereocenters. The van der Waals surface area contributed by atoms with Crippen LogP contribution in [0.5, 0.6) is 0 Å². The van der Waals surface area contributed by atoms with Crippen LogP contribution in [0, 0.1) is 6.42 Å². The standard InChI is InChI=1S/C11H21/c1-4-6-7-8-10-11(3)9-5-2/h9-10H,4-8H2,1-3H3. The van der Waals surface area contributed by atoms with E-state index in [9.17, 15) is 0 Å². The van der Waals surface area contributed by atoms with Crippen LogP contribution in [-0.4, -0.2) is 0 Å². The van der Waals surface area contributed by atoms with E-state index in [1.165, 1.54) is 31.3 Å². The van der Waals surface area contributed by atoms with Gasteiger partial charge in [0.15, 0.2) is 0 Å². The average molecular weight is 153 g/mol. The molecule has 0 aliphatic carbocycles. The maximum Gasteiger partial charge on any atom is -0.0140 e. The first kappa shape index (κ1) is 10.7. The van der Waals surface area contributed by atoms with Gasteiger partial charge in [0.2, 0.25) is 0 Å². The largest absolute Gasteiger partial charge is 0.0856 e. The van der Waals surface area contributed by atoms with Crippen molar-refractivity contribution in [3.05, 3.63) is 18.1 Å². The van der Waals surface area contributed by atoms with Crippen LogP contribution >= 0.6 is 0 Å². The van der Waals surface area contributed by atoms with Crippen molar-refractivity contribution in [2.24, 2.45) is 0 Å². The van der Waals surface area contributed by atoms with Crippen molar-refractivity contribution in [3.8, 4) is 0 Å². The Kier molecular flexibility index (Phi) is 7.66. The maximum atomic E-state index is 2.35. The zero-order valence-corrected chi connectivity index (χ0v) is 8.19. The van der Waals surface area contributed by atoms with Crippen molar-refractivity contribution in [1.82, 2.24) is 0 Å². The normalized spacial score (nSPS) is 12.1. The molecular formula is C11H21. The van der Waals surface area contributed by atoms with Crippen LogP contribution in [0.3, 0.4) is 0 Å². The third-order valence-electron chi connectivity index (χ3n) is 1.80. The molecule has 0 fully saturated rings. The van der Waals surface area contributed by atoms with Crippen molar-refractivity contribution in [1.29, 1.82) is 0 Å². The van der Waals surface area contributed by atoms with Crippen LogP contribution in [0.4, 0.5) is 0 Å². The van der Waals surface area contributed by atoms with Gasteiger partial charge in [-0.1, -0.05) is 44.8 Å². The second kappa shape index (κ2) is 7.84. The molecule has 0 bridgehead atoms. The van der Waals surface area contributed by atoms with Crippen molar-refractivity contribution in [3.63, 3.8) is 0 Å². The van der Waals surface area contributed by atoms with Gasteiger partial charge in [-0.2, -0.15) is 0 Å². The van der Waals surface area contributed by atoms with Crippen LogP contribution in [0.2, 0.25) is 0 Å². The van der Waals surface area contributed by atoms with E-state index in [2.05, 4.69) is 33.3 Å². The molecule has 0 aliphatic heterocycles. The molecule has 0 aromatic carbocycles. The van der Waals surface area contributed by atoms with Gasteiger partial charge in [0.25, 0.3) is 0 Å². The van der Waals surface area contributed by atoms with E-state index >= 15 is 0 Å². The molecule has 0 atom stereocenters. The maximum absolute atomic E-state index is 2.35. The van der Waals surface area contributed by atoms with E-state index in [4.69, 9.17) is 0 Å². The summed E-state index contributed by atoms with van der Waals surface area (Å²) in [6, 6.07) is 0. The van der Waals surface area contributed by atoms with E-state index in [0.717, 1.165) is 6.42 Å². The van der Waals surface area contributed by atoms with Gasteiger partial charge in [-0.3, -0.25) is 0 Å². The van der Waals surface area contributed by atoms with Crippen molar-refractivity contribution in [2.45, 2.75) is 52.9 Å². The van der Waals surface area contributed by atoms with Crippen molar-refractivity contribution < 1.29 is 0 Å². The van der Waals surface area contributed by atoms with Gasteiger partial charge in [0, 0.05) is 0 Å². The Morgan fingerprint density at radius 3 is 2.45 bits per heavy atom. The monoisotopic (exact) mass is 153 g/mol. The minimum absolute atomic E-state index is 1.16. The van der Waals surface area contributed by atoms with Gasteiger partial charge in [0.05, 0.1) is 0 Å². The van der Waals surface area contributed by atoms with E-state index < -0.39 is 0 Å². The third kappa shape index (κ3) is 7.64. The van der Waals surface area contributed by atoms with E-state index in [0.29, 0.717) is 0 Å². The molecule has 0 saturated carbocycles. The van der Waals surface area contributed by atoms with Crippen molar-refractivity contribution in [2.75, 3.05) is 0 Å². The van der Waals surface area contributed by atoms with Crippen LogP contribution in [-0.2, 0) is 0 Å². The summed E-state index contributed by atoms with van der Waals surface area (Å²) < 4.78 is 0. The first-order valence-corrected chi connectivity index (χ1v) is 4.81. The summed E-state index contributed by atoms with van der Waals surface area (Å²) in [5, 5.41) is 0. The lowest BCUT2D eigenvalue weighted by molar-refractivity contribution is 0.713. The summed E-state index contributed by atoms with van der Waals surface area (Å²) in [6.07, 6.45) is 11.1. The molecule has 0 aromatic rings. The lowest BCUT2D eigenvalue weighted by atomic mass is 10.1. The molecule has 0 nitrogen and oxygen atoms in total. The molecular weight excluding hydrogens is 132 g/mol. The summed E-state index contributed by atoms with van der Waals surface area (Å²) >= 11 is 0. The molecule has 0 aromatic heterocycles. The Hall–Kier alpha value is -0.260.